The summed E-state index contributed by atoms with van der Waals surface area (Å²) in [6, 6.07) is 16.2. The van der Waals surface area contributed by atoms with Crippen LogP contribution >= 0.6 is 34.8 Å². The molecule has 0 saturated heterocycles. The quantitative estimate of drug-likeness (QED) is 0.146. The maximum Gasteiger partial charge on any atom is 0.262 e. The van der Waals surface area contributed by atoms with E-state index in [1.807, 2.05) is 37.3 Å². The summed E-state index contributed by atoms with van der Waals surface area (Å²) in [7, 11) is 0. The highest BCUT2D eigenvalue weighted by Crippen LogP contribution is 2.36. The van der Waals surface area contributed by atoms with Gasteiger partial charge in [0.2, 0.25) is 0 Å². The van der Waals surface area contributed by atoms with Crippen LogP contribution in [0.3, 0.4) is 0 Å². The Morgan fingerprint density at radius 2 is 1.76 bits per heavy atom. The van der Waals surface area contributed by atoms with Gasteiger partial charge in [0.05, 0.1) is 22.9 Å². The van der Waals surface area contributed by atoms with Gasteiger partial charge in [-0.3, -0.25) is 9.59 Å². The second-order valence-electron chi connectivity index (χ2n) is 8.58. The van der Waals surface area contributed by atoms with Crippen LogP contribution in [0.1, 0.15) is 25.0 Å². The molecule has 0 aromatic heterocycles. The third kappa shape index (κ3) is 9.61. The number of ether oxygens (including phenoxy) is 3. The molecule has 0 radical (unpaired) electrons. The Hall–Kier alpha value is -3.90. The van der Waals surface area contributed by atoms with Crippen molar-refractivity contribution < 1.29 is 23.8 Å². The van der Waals surface area contributed by atoms with E-state index in [4.69, 9.17) is 55.4 Å². The largest absolute Gasteiger partial charge is 0.490 e. The van der Waals surface area contributed by atoms with Crippen molar-refractivity contribution in [2.45, 2.75) is 32.4 Å². The second-order valence-corrected chi connectivity index (χ2v) is 9.83. The molecule has 0 unspecified atom stereocenters. The van der Waals surface area contributed by atoms with Gasteiger partial charge in [0.15, 0.2) is 17.6 Å². The highest BCUT2D eigenvalue weighted by Gasteiger charge is 2.25. The predicted molar refractivity (Wildman–Crippen MR) is 161 cm³/mol. The average Bonchev–Trinajstić information content (AvgIpc) is 2.94. The van der Waals surface area contributed by atoms with E-state index in [9.17, 15) is 9.59 Å². The molecule has 2 atom stereocenters. The van der Waals surface area contributed by atoms with Crippen LogP contribution in [0.2, 0.25) is 15.1 Å². The van der Waals surface area contributed by atoms with Crippen molar-refractivity contribution in [3.8, 4) is 29.6 Å². The van der Waals surface area contributed by atoms with Crippen molar-refractivity contribution in [1.29, 1.82) is 0 Å². The molecule has 0 spiro atoms. The Bertz CT molecular complexity index is 1430. The number of carbonyl (C=O) groups is 2. The van der Waals surface area contributed by atoms with Gasteiger partial charge < -0.3 is 19.5 Å². The molecule has 0 aliphatic rings. The molecule has 3 aromatic carbocycles. The minimum Gasteiger partial charge on any atom is -0.490 e. The fourth-order valence-corrected chi connectivity index (χ4v) is 4.32. The molecule has 0 saturated carbocycles. The molecule has 3 rings (SSSR count). The molecular weight excluding hydrogens is 589 g/mol. The van der Waals surface area contributed by atoms with Gasteiger partial charge in [-0.05, 0) is 55.3 Å². The minimum atomic E-state index is -0.962. The summed E-state index contributed by atoms with van der Waals surface area (Å²) in [6.45, 7) is 3.76. The summed E-state index contributed by atoms with van der Waals surface area (Å²) in [5.74, 6) is 2.30. The lowest BCUT2D eigenvalue weighted by molar-refractivity contribution is -0.132. The highest BCUT2D eigenvalue weighted by molar-refractivity contribution is 6.35. The number of nitrogens with one attached hydrogen (secondary N) is 2. The molecule has 214 valence electrons. The van der Waals surface area contributed by atoms with E-state index >= 15 is 0 Å². The van der Waals surface area contributed by atoms with E-state index in [0.717, 1.165) is 5.56 Å². The SMILES string of the molecule is C#CCOc1c(Cl)cc(/C=N\NC(=O)[C@H](Cc2ccccc2)NC(=O)[C@H](C)Oc2ccc(Cl)cc2Cl)cc1OCC. The molecule has 2 N–H and O–H groups in total. The van der Waals surface area contributed by atoms with Crippen molar-refractivity contribution in [2.75, 3.05) is 13.2 Å². The Balaban J connectivity index is 1.73. The zero-order valence-corrected chi connectivity index (χ0v) is 24.6. The summed E-state index contributed by atoms with van der Waals surface area (Å²) in [5, 5.41) is 7.75. The van der Waals surface area contributed by atoms with Gasteiger partial charge in [0.1, 0.15) is 18.4 Å². The number of nitrogens with zero attached hydrogens (tertiary/aromatic N) is 1. The van der Waals surface area contributed by atoms with Crippen LogP contribution in [0.5, 0.6) is 17.2 Å². The molecule has 3 aromatic rings. The normalized spacial score (nSPS) is 12.2. The molecular formula is C30H28Cl3N3O5. The smallest absolute Gasteiger partial charge is 0.262 e. The first-order valence-corrected chi connectivity index (χ1v) is 13.7. The lowest BCUT2D eigenvalue weighted by Gasteiger charge is -2.21. The lowest BCUT2D eigenvalue weighted by Crippen LogP contribution is -2.50. The summed E-state index contributed by atoms with van der Waals surface area (Å²) in [4.78, 5) is 26.1. The summed E-state index contributed by atoms with van der Waals surface area (Å²) < 4.78 is 16.8. The van der Waals surface area contributed by atoms with Crippen molar-refractivity contribution in [3.63, 3.8) is 0 Å². The van der Waals surface area contributed by atoms with Gasteiger partial charge in [-0.2, -0.15) is 5.10 Å². The molecule has 0 bridgehead atoms. The zero-order valence-electron chi connectivity index (χ0n) is 22.3. The third-order valence-electron chi connectivity index (χ3n) is 5.50. The van der Waals surface area contributed by atoms with Crippen LogP contribution in [-0.4, -0.2) is 43.4 Å². The van der Waals surface area contributed by atoms with Crippen molar-refractivity contribution in [2.24, 2.45) is 5.10 Å². The molecule has 2 amide bonds. The molecule has 0 aliphatic heterocycles. The maximum absolute atomic E-state index is 13.1. The average molecular weight is 617 g/mol. The lowest BCUT2D eigenvalue weighted by atomic mass is 10.1. The van der Waals surface area contributed by atoms with Gasteiger partial charge in [-0.15, -0.1) is 6.42 Å². The van der Waals surface area contributed by atoms with Gasteiger partial charge in [-0.1, -0.05) is 71.1 Å². The van der Waals surface area contributed by atoms with Crippen LogP contribution in [-0.2, 0) is 16.0 Å². The summed E-state index contributed by atoms with van der Waals surface area (Å²) in [6.07, 6.45) is 5.92. The first-order chi connectivity index (χ1) is 19.7. The first-order valence-electron chi connectivity index (χ1n) is 12.5. The van der Waals surface area contributed by atoms with E-state index in [2.05, 4.69) is 21.8 Å². The Kier molecular flexibility index (Phi) is 12.2. The monoisotopic (exact) mass is 615 g/mol. The van der Waals surface area contributed by atoms with Crippen molar-refractivity contribution >= 4 is 52.8 Å². The first kappa shape index (κ1) is 31.6. The molecule has 11 heteroatoms. The molecule has 8 nitrogen and oxygen atoms in total. The molecule has 0 aliphatic carbocycles. The van der Waals surface area contributed by atoms with Gasteiger partial charge in [0.25, 0.3) is 11.8 Å². The number of hydrogen-bond donors (Lipinski definition) is 2. The molecule has 0 heterocycles. The van der Waals surface area contributed by atoms with Gasteiger partial charge in [-0.25, -0.2) is 5.43 Å². The number of carbonyl (C=O) groups excluding carboxylic acids is 2. The second kappa shape index (κ2) is 15.8. The number of amides is 2. The standard InChI is InChI=1S/C30H28Cl3N3O5/c1-4-13-40-28-24(33)14-21(16-27(28)39-5-2)18-34-36-30(38)25(15-20-9-7-6-8-10-20)35-29(37)19(3)41-26-12-11-22(31)17-23(26)32/h1,6-12,14,16-19,25H,5,13,15H2,2-3H3,(H,35,37)(H,36,38)/b34-18-/t19-,25-/m0/s1. The van der Waals surface area contributed by atoms with E-state index < -0.39 is 24.0 Å². The zero-order chi connectivity index (χ0) is 29.8. The Labute approximate surface area is 253 Å². The number of rotatable bonds is 13. The number of hydrogen-bond acceptors (Lipinski definition) is 6. The number of halogens is 3. The third-order valence-corrected chi connectivity index (χ3v) is 6.31. The van der Waals surface area contributed by atoms with E-state index in [-0.39, 0.29) is 28.8 Å². The summed E-state index contributed by atoms with van der Waals surface area (Å²) in [5.41, 5.74) is 3.85. The Morgan fingerprint density at radius 1 is 1.00 bits per heavy atom. The van der Waals surface area contributed by atoms with Crippen LogP contribution in [0.15, 0.2) is 65.8 Å². The van der Waals surface area contributed by atoms with Crippen LogP contribution in [0.25, 0.3) is 0 Å². The maximum atomic E-state index is 13.1. The van der Waals surface area contributed by atoms with E-state index in [0.29, 0.717) is 28.7 Å². The van der Waals surface area contributed by atoms with Crippen LogP contribution in [0.4, 0.5) is 0 Å². The fraction of sp³-hybridized carbons (Fsp3) is 0.233. The fourth-order valence-electron chi connectivity index (χ4n) is 3.59. The number of hydrazone groups is 1. The van der Waals surface area contributed by atoms with Gasteiger partial charge in [0, 0.05) is 11.4 Å². The van der Waals surface area contributed by atoms with Crippen molar-refractivity contribution in [3.05, 3.63) is 86.9 Å². The molecule has 0 fully saturated rings. The topological polar surface area (TPSA) is 98.2 Å². The Morgan fingerprint density at radius 3 is 2.44 bits per heavy atom. The van der Waals surface area contributed by atoms with Crippen molar-refractivity contribution in [1.82, 2.24) is 10.7 Å². The summed E-state index contributed by atoms with van der Waals surface area (Å²) >= 11 is 18.5. The van der Waals surface area contributed by atoms with Crippen LogP contribution < -0.4 is 25.0 Å². The predicted octanol–water partition coefficient (Wildman–Crippen LogP) is 5.70. The molecule has 41 heavy (non-hydrogen) atoms. The van der Waals surface area contributed by atoms with Gasteiger partial charge >= 0.3 is 0 Å². The minimum absolute atomic E-state index is 0.0220. The van der Waals surface area contributed by atoms with Crippen LogP contribution in [0, 0.1) is 12.3 Å². The van der Waals surface area contributed by atoms with E-state index in [1.165, 1.54) is 12.3 Å². The number of benzene rings is 3. The highest BCUT2D eigenvalue weighted by atomic mass is 35.5. The number of terminal acetylenes is 1. The van der Waals surface area contributed by atoms with E-state index in [1.54, 1.807) is 31.2 Å².